The summed E-state index contributed by atoms with van der Waals surface area (Å²) in [6.07, 6.45) is 0. The van der Waals surface area contributed by atoms with Crippen molar-refractivity contribution >= 4 is 27.5 Å². The number of nitrogens with zero attached hydrogens (tertiary/aromatic N) is 2. The lowest BCUT2D eigenvalue weighted by Crippen LogP contribution is -2.51. The van der Waals surface area contributed by atoms with Crippen molar-refractivity contribution in [3.63, 3.8) is 0 Å². The van der Waals surface area contributed by atoms with Crippen molar-refractivity contribution in [3.05, 3.63) is 59.4 Å². The number of rotatable bonds is 5. The highest BCUT2D eigenvalue weighted by molar-refractivity contribution is 7.89. The van der Waals surface area contributed by atoms with Crippen molar-refractivity contribution in [2.45, 2.75) is 4.90 Å². The molecule has 0 bridgehead atoms. The highest BCUT2D eigenvalue weighted by Crippen LogP contribution is 2.23. The van der Waals surface area contributed by atoms with Crippen LogP contribution in [-0.2, 0) is 14.8 Å². The third kappa shape index (κ3) is 4.58. The molecular weight excluding hydrogens is 395 g/mol. The van der Waals surface area contributed by atoms with Crippen LogP contribution in [0, 0.1) is 5.82 Å². The Kier molecular flexibility index (Phi) is 5.98. The minimum atomic E-state index is -3.79. The SMILES string of the molecule is O=C(COc1ccccc1Cl)N1CCN(S(=O)(=O)c2cccc(F)c2)CC1. The molecule has 0 aromatic heterocycles. The van der Waals surface area contributed by atoms with Gasteiger partial charge in [0.1, 0.15) is 11.6 Å². The summed E-state index contributed by atoms with van der Waals surface area (Å²) in [4.78, 5) is 13.7. The summed E-state index contributed by atoms with van der Waals surface area (Å²) in [6.45, 7) is 0.562. The molecule has 27 heavy (non-hydrogen) atoms. The van der Waals surface area contributed by atoms with Gasteiger partial charge in [-0.05, 0) is 30.3 Å². The summed E-state index contributed by atoms with van der Waals surface area (Å²) < 4.78 is 45.2. The van der Waals surface area contributed by atoms with Crippen LogP contribution in [0.3, 0.4) is 0 Å². The maximum Gasteiger partial charge on any atom is 0.260 e. The van der Waals surface area contributed by atoms with Crippen LogP contribution in [0.15, 0.2) is 53.4 Å². The number of carbonyl (C=O) groups excluding carboxylic acids is 1. The molecule has 144 valence electrons. The van der Waals surface area contributed by atoms with Gasteiger partial charge in [-0.15, -0.1) is 0 Å². The number of benzene rings is 2. The Morgan fingerprint density at radius 3 is 2.44 bits per heavy atom. The van der Waals surface area contributed by atoms with Crippen LogP contribution < -0.4 is 4.74 Å². The van der Waals surface area contributed by atoms with E-state index in [-0.39, 0.29) is 43.6 Å². The van der Waals surface area contributed by atoms with E-state index in [2.05, 4.69) is 0 Å². The second kappa shape index (κ2) is 8.24. The number of hydrogen-bond donors (Lipinski definition) is 0. The average molecular weight is 413 g/mol. The van der Waals surface area contributed by atoms with Gasteiger partial charge in [-0.25, -0.2) is 12.8 Å². The molecule has 2 aromatic rings. The zero-order chi connectivity index (χ0) is 19.4. The van der Waals surface area contributed by atoms with Gasteiger partial charge < -0.3 is 9.64 Å². The van der Waals surface area contributed by atoms with Crippen molar-refractivity contribution < 1.29 is 22.3 Å². The molecular formula is C18H18ClFN2O4S. The Labute approximate surface area is 162 Å². The minimum absolute atomic E-state index is 0.0932. The molecule has 0 N–H and O–H groups in total. The lowest BCUT2D eigenvalue weighted by molar-refractivity contribution is -0.134. The fourth-order valence-electron chi connectivity index (χ4n) is 2.75. The van der Waals surface area contributed by atoms with E-state index in [1.54, 1.807) is 24.3 Å². The summed E-state index contributed by atoms with van der Waals surface area (Å²) in [5, 5.41) is 0.413. The van der Waals surface area contributed by atoms with E-state index in [1.807, 2.05) is 0 Å². The fraction of sp³-hybridized carbons (Fsp3) is 0.278. The first kappa shape index (κ1) is 19.6. The van der Waals surface area contributed by atoms with Gasteiger partial charge in [0.05, 0.1) is 9.92 Å². The molecule has 0 spiro atoms. The largest absolute Gasteiger partial charge is 0.482 e. The quantitative estimate of drug-likeness (QED) is 0.756. The van der Waals surface area contributed by atoms with Gasteiger partial charge in [0.2, 0.25) is 10.0 Å². The smallest absolute Gasteiger partial charge is 0.260 e. The van der Waals surface area contributed by atoms with Crippen LogP contribution in [0.4, 0.5) is 4.39 Å². The number of ether oxygens (including phenoxy) is 1. The number of hydrogen-bond acceptors (Lipinski definition) is 4. The third-order valence-electron chi connectivity index (χ3n) is 4.21. The number of para-hydroxylation sites is 1. The van der Waals surface area contributed by atoms with Gasteiger partial charge in [0.25, 0.3) is 5.91 Å². The van der Waals surface area contributed by atoms with Gasteiger partial charge in [-0.2, -0.15) is 4.31 Å². The molecule has 1 fully saturated rings. The van der Waals surface area contributed by atoms with Crippen molar-refractivity contribution in [2.24, 2.45) is 0 Å². The van der Waals surface area contributed by atoms with Crippen LogP contribution in [-0.4, -0.2) is 56.3 Å². The summed E-state index contributed by atoms with van der Waals surface area (Å²) in [5.74, 6) is -0.445. The molecule has 9 heteroatoms. The van der Waals surface area contributed by atoms with E-state index < -0.39 is 15.8 Å². The van der Waals surface area contributed by atoms with Crippen molar-refractivity contribution in [1.29, 1.82) is 0 Å². The molecule has 1 aliphatic rings. The Morgan fingerprint density at radius 1 is 1.07 bits per heavy atom. The summed E-state index contributed by atoms with van der Waals surface area (Å²) in [5.41, 5.74) is 0. The number of sulfonamides is 1. The molecule has 1 saturated heterocycles. The first-order chi connectivity index (χ1) is 12.9. The Bertz CT molecular complexity index is 930. The second-order valence-electron chi connectivity index (χ2n) is 5.96. The first-order valence-electron chi connectivity index (χ1n) is 8.29. The van der Waals surface area contributed by atoms with E-state index >= 15 is 0 Å². The highest BCUT2D eigenvalue weighted by Gasteiger charge is 2.30. The Balaban J connectivity index is 1.57. The molecule has 0 unspecified atom stereocenters. The molecule has 1 aliphatic heterocycles. The third-order valence-corrected chi connectivity index (χ3v) is 6.42. The molecule has 3 rings (SSSR count). The van der Waals surface area contributed by atoms with Gasteiger partial charge in [-0.3, -0.25) is 4.79 Å². The fourth-order valence-corrected chi connectivity index (χ4v) is 4.39. The highest BCUT2D eigenvalue weighted by atomic mass is 35.5. The number of amides is 1. The molecule has 0 saturated carbocycles. The lowest BCUT2D eigenvalue weighted by Gasteiger charge is -2.34. The number of carbonyl (C=O) groups is 1. The molecule has 0 aliphatic carbocycles. The topological polar surface area (TPSA) is 66.9 Å². The van der Waals surface area contributed by atoms with Crippen molar-refractivity contribution in [1.82, 2.24) is 9.21 Å². The predicted molar refractivity (Wildman–Crippen MR) is 98.7 cm³/mol. The molecule has 0 atom stereocenters. The van der Waals surface area contributed by atoms with Crippen LogP contribution in [0.25, 0.3) is 0 Å². The molecule has 0 radical (unpaired) electrons. The van der Waals surface area contributed by atoms with Gasteiger partial charge in [0.15, 0.2) is 6.61 Å². The Hall–Kier alpha value is -2.16. The summed E-state index contributed by atoms with van der Waals surface area (Å²) in [6, 6.07) is 11.7. The van der Waals surface area contributed by atoms with E-state index in [1.165, 1.54) is 27.4 Å². The van der Waals surface area contributed by atoms with Crippen molar-refractivity contribution in [3.8, 4) is 5.75 Å². The zero-order valence-electron chi connectivity index (χ0n) is 14.3. The molecule has 6 nitrogen and oxygen atoms in total. The summed E-state index contributed by atoms with van der Waals surface area (Å²) >= 11 is 5.98. The van der Waals surface area contributed by atoms with E-state index in [9.17, 15) is 17.6 Å². The standard InChI is InChI=1S/C18H18ClFN2O4S/c19-16-6-1-2-7-17(16)26-13-18(23)21-8-10-22(11-9-21)27(24,25)15-5-3-4-14(20)12-15/h1-7,12H,8-11,13H2. The van der Waals surface area contributed by atoms with Crippen molar-refractivity contribution in [2.75, 3.05) is 32.8 Å². The predicted octanol–water partition coefficient (Wildman–Crippen LogP) is 2.39. The number of halogens is 2. The van der Waals surface area contributed by atoms with Gasteiger partial charge in [-0.1, -0.05) is 29.8 Å². The van der Waals surface area contributed by atoms with Crippen LogP contribution in [0.2, 0.25) is 5.02 Å². The monoisotopic (exact) mass is 412 g/mol. The maximum atomic E-state index is 13.3. The normalized spacial score (nSPS) is 15.6. The summed E-state index contributed by atoms with van der Waals surface area (Å²) in [7, 11) is -3.79. The molecule has 1 amide bonds. The van der Waals surface area contributed by atoms with Crippen LogP contribution >= 0.6 is 11.6 Å². The molecule has 1 heterocycles. The minimum Gasteiger partial charge on any atom is -0.482 e. The molecule has 2 aromatic carbocycles. The second-order valence-corrected chi connectivity index (χ2v) is 8.31. The van der Waals surface area contributed by atoms with Crippen LogP contribution in [0.1, 0.15) is 0 Å². The van der Waals surface area contributed by atoms with Gasteiger partial charge >= 0.3 is 0 Å². The van der Waals surface area contributed by atoms with E-state index in [0.717, 1.165) is 6.07 Å². The Morgan fingerprint density at radius 2 is 1.78 bits per heavy atom. The van der Waals surface area contributed by atoms with E-state index in [4.69, 9.17) is 16.3 Å². The maximum absolute atomic E-state index is 13.3. The number of piperazine rings is 1. The lowest BCUT2D eigenvalue weighted by atomic mass is 10.3. The van der Waals surface area contributed by atoms with Crippen LogP contribution in [0.5, 0.6) is 5.75 Å². The average Bonchev–Trinajstić information content (AvgIpc) is 2.67. The van der Waals surface area contributed by atoms with Gasteiger partial charge in [0, 0.05) is 26.2 Å². The van der Waals surface area contributed by atoms with E-state index in [0.29, 0.717) is 10.8 Å². The zero-order valence-corrected chi connectivity index (χ0v) is 15.9. The first-order valence-corrected chi connectivity index (χ1v) is 10.1.